The van der Waals surface area contributed by atoms with Crippen molar-refractivity contribution < 1.29 is 9.53 Å². The van der Waals surface area contributed by atoms with Gasteiger partial charge < -0.3 is 15.8 Å². The number of hydrogen-bond acceptors (Lipinski definition) is 3. The van der Waals surface area contributed by atoms with Gasteiger partial charge >= 0.3 is 0 Å². The van der Waals surface area contributed by atoms with Crippen LogP contribution < -0.4 is 15.8 Å². The van der Waals surface area contributed by atoms with Gasteiger partial charge in [0, 0.05) is 12.5 Å². The maximum absolute atomic E-state index is 11.7. The molecule has 0 spiro atoms. The minimum atomic E-state index is -0.0262. The van der Waals surface area contributed by atoms with Crippen LogP contribution in [-0.2, 0) is 4.79 Å². The third-order valence-corrected chi connectivity index (χ3v) is 2.90. The highest BCUT2D eigenvalue weighted by Crippen LogP contribution is 2.29. The van der Waals surface area contributed by atoms with E-state index in [0.29, 0.717) is 29.4 Å². The average molecular weight is 298 g/mol. The molecule has 0 aromatic heterocycles. The first-order chi connectivity index (χ1) is 9.60. The molecule has 6 heteroatoms. The van der Waals surface area contributed by atoms with Crippen molar-refractivity contribution in [1.82, 2.24) is 0 Å². The standard InChI is InChI=1S/C14H20ClN3O2/c1-3-4-5-14(19)18-11-7-6-10(8-12(11)20-2)17-13(16)9-15/h6-8H,3-5,9H2,1-2H3,(H2,16,17)(H,18,19). The molecule has 1 aromatic carbocycles. The molecule has 0 bridgehead atoms. The van der Waals surface area contributed by atoms with Crippen molar-refractivity contribution in [3.63, 3.8) is 0 Å². The molecule has 110 valence electrons. The van der Waals surface area contributed by atoms with Crippen LogP contribution in [0.25, 0.3) is 0 Å². The number of aliphatic imine (C=N–C) groups is 1. The normalized spacial score (nSPS) is 11.2. The first kappa shape index (κ1) is 16.3. The highest BCUT2D eigenvalue weighted by Gasteiger charge is 2.08. The fourth-order valence-electron chi connectivity index (χ4n) is 1.60. The predicted molar refractivity (Wildman–Crippen MR) is 83.2 cm³/mol. The quantitative estimate of drug-likeness (QED) is 0.461. The number of carbonyl (C=O) groups excluding carboxylic acids is 1. The van der Waals surface area contributed by atoms with Crippen molar-refractivity contribution in [3.05, 3.63) is 18.2 Å². The van der Waals surface area contributed by atoms with Gasteiger partial charge in [-0.2, -0.15) is 0 Å². The lowest BCUT2D eigenvalue weighted by Crippen LogP contribution is -2.12. The van der Waals surface area contributed by atoms with Gasteiger partial charge in [-0.15, -0.1) is 11.6 Å². The van der Waals surface area contributed by atoms with E-state index >= 15 is 0 Å². The third kappa shape index (κ3) is 5.09. The first-order valence-corrected chi connectivity index (χ1v) is 7.01. The van der Waals surface area contributed by atoms with E-state index in [2.05, 4.69) is 10.3 Å². The third-order valence-electron chi connectivity index (χ3n) is 2.63. The lowest BCUT2D eigenvalue weighted by atomic mass is 10.2. The van der Waals surface area contributed by atoms with Gasteiger partial charge in [-0.1, -0.05) is 13.3 Å². The zero-order chi connectivity index (χ0) is 15.0. The van der Waals surface area contributed by atoms with Gasteiger partial charge in [0.25, 0.3) is 0 Å². The number of unbranched alkanes of at least 4 members (excludes halogenated alkanes) is 1. The van der Waals surface area contributed by atoms with E-state index in [-0.39, 0.29) is 11.8 Å². The van der Waals surface area contributed by atoms with Crippen LogP contribution in [0.15, 0.2) is 23.2 Å². The Hall–Kier alpha value is -1.75. The number of alkyl halides is 1. The van der Waals surface area contributed by atoms with Gasteiger partial charge in [0.05, 0.1) is 24.4 Å². The van der Waals surface area contributed by atoms with Crippen molar-refractivity contribution in [1.29, 1.82) is 0 Å². The van der Waals surface area contributed by atoms with Gasteiger partial charge in [0.2, 0.25) is 5.91 Å². The largest absolute Gasteiger partial charge is 0.494 e. The van der Waals surface area contributed by atoms with E-state index in [9.17, 15) is 4.79 Å². The molecule has 1 rings (SSSR count). The molecule has 0 aliphatic carbocycles. The summed E-state index contributed by atoms with van der Waals surface area (Å²) in [4.78, 5) is 15.8. The fourth-order valence-corrected chi connectivity index (χ4v) is 1.66. The minimum absolute atomic E-state index is 0.0262. The van der Waals surface area contributed by atoms with Crippen LogP contribution in [0.4, 0.5) is 11.4 Å². The van der Waals surface area contributed by atoms with Crippen molar-refractivity contribution in [2.75, 3.05) is 18.3 Å². The van der Waals surface area contributed by atoms with Crippen LogP contribution in [0.1, 0.15) is 26.2 Å². The number of carbonyl (C=O) groups is 1. The molecule has 0 heterocycles. The van der Waals surface area contributed by atoms with Crippen LogP contribution in [0.2, 0.25) is 0 Å². The Morgan fingerprint density at radius 2 is 2.25 bits per heavy atom. The molecule has 1 amide bonds. The van der Waals surface area contributed by atoms with Crippen molar-refractivity contribution >= 4 is 34.7 Å². The Kier molecular flexibility index (Phi) is 6.87. The number of amides is 1. The van der Waals surface area contributed by atoms with Gasteiger partial charge in [-0.05, 0) is 18.6 Å². The Bertz CT molecular complexity index is 489. The number of benzene rings is 1. The number of methoxy groups -OCH3 is 1. The van der Waals surface area contributed by atoms with Crippen LogP contribution in [0.3, 0.4) is 0 Å². The van der Waals surface area contributed by atoms with Gasteiger partial charge in [0.1, 0.15) is 11.6 Å². The summed E-state index contributed by atoms with van der Waals surface area (Å²) < 4.78 is 5.25. The second kappa shape index (κ2) is 8.43. The lowest BCUT2D eigenvalue weighted by Gasteiger charge is -2.10. The smallest absolute Gasteiger partial charge is 0.224 e. The molecule has 0 saturated carbocycles. The first-order valence-electron chi connectivity index (χ1n) is 6.47. The van der Waals surface area contributed by atoms with Gasteiger partial charge in [0.15, 0.2) is 0 Å². The van der Waals surface area contributed by atoms with Crippen molar-refractivity contribution in [3.8, 4) is 5.75 Å². The number of ether oxygens (including phenoxy) is 1. The highest BCUT2D eigenvalue weighted by atomic mass is 35.5. The maximum atomic E-state index is 11.7. The predicted octanol–water partition coefficient (Wildman–Crippen LogP) is 3.05. The van der Waals surface area contributed by atoms with Crippen LogP contribution >= 0.6 is 11.6 Å². The molecule has 0 fully saturated rings. The second-order valence-corrected chi connectivity index (χ2v) is 4.54. The summed E-state index contributed by atoms with van der Waals surface area (Å²) in [5, 5.41) is 2.82. The van der Waals surface area contributed by atoms with Crippen LogP contribution in [0, 0.1) is 0 Å². The number of nitrogens with one attached hydrogen (secondary N) is 1. The lowest BCUT2D eigenvalue weighted by molar-refractivity contribution is -0.116. The zero-order valence-electron chi connectivity index (χ0n) is 11.8. The molecule has 0 radical (unpaired) electrons. The molecule has 0 aliphatic heterocycles. The second-order valence-electron chi connectivity index (χ2n) is 4.27. The molecule has 20 heavy (non-hydrogen) atoms. The Morgan fingerprint density at radius 1 is 1.50 bits per heavy atom. The van der Waals surface area contributed by atoms with Gasteiger partial charge in [-0.25, -0.2) is 4.99 Å². The average Bonchev–Trinajstić information content (AvgIpc) is 2.46. The number of nitrogens with zero attached hydrogens (tertiary/aromatic N) is 1. The molecule has 0 atom stereocenters. The molecular formula is C14H20ClN3O2. The maximum Gasteiger partial charge on any atom is 0.224 e. The van der Waals surface area contributed by atoms with Crippen LogP contribution in [0.5, 0.6) is 5.75 Å². The van der Waals surface area contributed by atoms with Crippen molar-refractivity contribution in [2.24, 2.45) is 10.7 Å². The molecule has 0 saturated heterocycles. The Balaban J connectivity index is 2.85. The Morgan fingerprint density at radius 3 is 2.85 bits per heavy atom. The van der Waals surface area contributed by atoms with Crippen LogP contribution in [-0.4, -0.2) is 24.7 Å². The summed E-state index contributed by atoms with van der Waals surface area (Å²) in [5.41, 5.74) is 6.83. The molecule has 1 aromatic rings. The van der Waals surface area contributed by atoms with Gasteiger partial charge in [-0.3, -0.25) is 4.79 Å². The summed E-state index contributed by atoms with van der Waals surface area (Å²) in [5.74, 6) is 1.01. The molecule has 3 N–H and O–H groups in total. The topological polar surface area (TPSA) is 76.7 Å². The SMILES string of the molecule is CCCCC(=O)Nc1ccc(N=C(N)CCl)cc1OC. The number of rotatable bonds is 7. The molecule has 0 unspecified atom stereocenters. The van der Waals surface area contributed by atoms with E-state index in [4.69, 9.17) is 22.1 Å². The molecule has 5 nitrogen and oxygen atoms in total. The van der Waals surface area contributed by atoms with Crippen molar-refractivity contribution in [2.45, 2.75) is 26.2 Å². The summed E-state index contributed by atoms with van der Waals surface area (Å²) in [6.07, 6.45) is 2.34. The molecular weight excluding hydrogens is 278 g/mol. The monoisotopic (exact) mass is 297 g/mol. The van der Waals surface area contributed by atoms with E-state index in [1.165, 1.54) is 7.11 Å². The number of amidine groups is 1. The summed E-state index contributed by atoms with van der Waals surface area (Å²) in [6.45, 7) is 2.04. The molecule has 0 aliphatic rings. The van der Waals surface area contributed by atoms with E-state index in [0.717, 1.165) is 12.8 Å². The summed E-state index contributed by atoms with van der Waals surface area (Å²) >= 11 is 5.58. The summed E-state index contributed by atoms with van der Waals surface area (Å²) in [7, 11) is 1.54. The number of hydrogen-bond donors (Lipinski definition) is 2. The number of halogens is 1. The summed E-state index contributed by atoms with van der Waals surface area (Å²) in [6, 6.07) is 5.19. The van der Waals surface area contributed by atoms with E-state index in [1.54, 1.807) is 18.2 Å². The minimum Gasteiger partial charge on any atom is -0.494 e. The van der Waals surface area contributed by atoms with E-state index in [1.807, 2.05) is 6.92 Å². The number of anilines is 1. The Labute approximate surface area is 124 Å². The number of nitrogens with two attached hydrogens (primary N) is 1. The highest BCUT2D eigenvalue weighted by molar-refractivity contribution is 6.28. The fraction of sp³-hybridized carbons (Fsp3) is 0.429. The zero-order valence-corrected chi connectivity index (χ0v) is 12.5. The van der Waals surface area contributed by atoms with E-state index < -0.39 is 0 Å².